The molecule has 9 nitrogen and oxygen atoms in total. The zero-order valence-corrected chi connectivity index (χ0v) is 26.7. The maximum Gasteiger partial charge on any atom is 0.261 e. The first-order chi connectivity index (χ1) is 22.6. The lowest BCUT2D eigenvalue weighted by atomic mass is 9.82. The molecule has 0 bridgehead atoms. The van der Waals surface area contributed by atoms with Crippen LogP contribution in [0, 0.1) is 12.3 Å². The fourth-order valence-corrected chi connectivity index (χ4v) is 5.94. The van der Waals surface area contributed by atoms with Crippen molar-refractivity contribution in [3.05, 3.63) is 113 Å². The Hall–Kier alpha value is -5.41. The summed E-state index contributed by atoms with van der Waals surface area (Å²) in [7, 11) is 1.50. The van der Waals surface area contributed by atoms with Crippen molar-refractivity contribution in [3.63, 3.8) is 0 Å². The lowest BCUT2D eigenvalue weighted by Crippen LogP contribution is -2.32. The highest BCUT2D eigenvalue weighted by molar-refractivity contribution is 6.04. The van der Waals surface area contributed by atoms with Gasteiger partial charge in [-0.25, -0.2) is 4.98 Å². The van der Waals surface area contributed by atoms with Crippen molar-refractivity contribution in [2.45, 2.75) is 33.2 Å². The number of ether oxygens (including phenoxy) is 2. The largest absolute Gasteiger partial charge is 0.504 e. The van der Waals surface area contributed by atoms with Gasteiger partial charge in [0.1, 0.15) is 11.4 Å². The van der Waals surface area contributed by atoms with E-state index in [2.05, 4.69) is 17.2 Å². The van der Waals surface area contributed by atoms with Crippen molar-refractivity contribution < 1.29 is 19.4 Å². The molecule has 0 spiro atoms. The first-order valence-electron chi connectivity index (χ1n) is 15.6. The smallest absolute Gasteiger partial charge is 0.261 e. The zero-order chi connectivity index (χ0) is 33.1. The summed E-state index contributed by atoms with van der Waals surface area (Å²) < 4.78 is 12.8. The maximum absolute atomic E-state index is 13.8. The molecule has 4 N–H and O–H groups in total. The summed E-state index contributed by atoms with van der Waals surface area (Å²) in [6, 6.07) is 22.0. The number of phenols is 1. The highest BCUT2D eigenvalue weighted by Crippen LogP contribution is 2.35. The van der Waals surface area contributed by atoms with Crippen LogP contribution in [0.4, 0.5) is 11.5 Å². The number of methoxy groups -OCH3 is 1. The molecule has 47 heavy (non-hydrogen) atoms. The van der Waals surface area contributed by atoms with Crippen LogP contribution < -0.4 is 21.2 Å². The van der Waals surface area contributed by atoms with Gasteiger partial charge >= 0.3 is 0 Å². The van der Waals surface area contributed by atoms with E-state index < -0.39 is 5.91 Å². The third-order valence-corrected chi connectivity index (χ3v) is 8.84. The summed E-state index contributed by atoms with van der Waals surface area (Å²) in [5, 5.41) is 12.9. The lowest BCUT2D eigenvalue weighted by Gasteiger charge is -2.34. The second-order valence-electron chi connectivity index (χ2n) is 12.5. The van der Waals surface area contributed by atoms with Crippen LogP contribution >= 0.6 is 0 Å². The van der Waals surface area contributed by atoms with E-state index in [9.17, 15) is 14.7 Å². The molecule has 3 heterocycles. The molecule has 6 rings (SSSR count). The average molecular weight is 631 g/mol. The second kappa shape index (κ2) is 13.1. The number of hydrogen-bond donors (Lipinski definition) is 3. The molecule has 0 saturated carbocycles. The maximum atomic E-state index is 13.8. The normalized spacial score (nSPS) is 14.0. The Morgan fingerprint density at radius 2 is 1.62 bits per heavy atom. The van der Waals surface area contributed by atoms with Crippen LogP contribution in [0.25, 0.3) is 33.4 Å². The third kappa shape index (κ3) is 6.90. The topological polar surface area (TPSA) is 129 Å². The van der Waals surface area contributed by atoms with E-state index in [1.807, 2.05) is 60.2 Å². The Kier molecular flexibility index (Phi) is 8.82. The number of nitrogens with zero attached hydrogens (tertiary/aromatic N) is 2. The van der Waals surface area contributed by atoms with Gasteiger partial charge in [-0.15, -0.1) is 0 Å². The molecule has 1 fully saturated rings. The summed E-state index contributed by atoms with van der Waals surface area (Å²) in [5.41, 5.74) is 12.0. The number of aromatic nitrogens is 2. The van der Waals surface area contributed by atoms with E-state index in [1.165, 1.54) is 7.11 Å². The van der Waals surface area contributed by atoms with Crippen molar-refractivity contribution in [3.8, 4) is 44.9 Å². The summed E-state index contributed by atoms with van der Waals surface area (Å²) in [6.07, 6.45) is 7.00. The number of amides is 1. The molecule has 0 radical (unpaired) electrons. The molecule has 2 aromatic heterocycles. The predicted molar refractivity (Wildman–Crippen MR) is 185 cm³/mol. The number of nitrogens with two attached hydrogens (primary N) is 1. The second-order valence-corrected chi connectivity index (χ2v) is 12.5. The zero-order valence-electron chi connectivity index (χ0n) is 26.7. The van der Waals surface area contributed by atoms with Gasteiger partial charge in [-0.2, -0.15) is 0 Å². The van der Waals surface area contributed by atoms with Crippen LogP contribution in [0.15, 0.2) is 96.2 Å². The number of hydrogen-bond acceptors (Lipinski definition) is 7. The van der Waals surface area contributed by atoms with E-state index in [1.54, 1.807) is 42.7 Å². The Morgan fingerprint density at radius 1 is 0.957 bits per heavy atom. The number of nitrogens with one attached hydrogen (secondary N) is 1. The van der Waals surface area contributed by atoms with Crippen LogP contribution in [0.1, 0.15) is 35.7 Å². The predicted octanol–water partition coefficient (Wildman–Crippen LogP) is 6.92. The van der Waals surface area contributed by atoms with E-state index >= 15 is 0 Å². The van der Waals surface area contributed by atoms with Gasteiger partial charge in [0, 0.05) is 60.7 Å². The summed E-state index contributed by atoms with van der Waals surface area (Å²) >= 11 is 0. The van der Waals surface area contributed by atoms with Crippen LogP contribution in [0.5, 0.6) is 11.5 Å². The van der Waals surface area contributed by atoms with Crippen LogP contribution in [-0.2, 0) is 11.3 Å². The van der Waals surface area contributed by atoms with Gasteiger partial charge in [0.05, 0.1) is 7.11 Å². The summed E-state index contributed by atoms with van der Waals surface area (Å²) in [5.74, 6) is 0.275. The SMILES string of the molecule is COc1cc(-c2cnc(N)c(-c3ccc(NC(=O)c4cn(CC5(C)CCOCC5)cc(-c5ccc(C)cc5)c4=O)cc3)c2)ccc1O. The molecule has 9 heteroatoms. The average Bonchev–Trinajstić information content (AvgIpc) is 3.07. The van der Waals surface area contributed by atoms with Crippen molar-refractivity contribution in [1.29, 1.82) is 0 Å². The Morgan fingerprint density at radius 3 is 2.32 bits per heavy atom. The fraction of sp³-hybridized carbons (Fsp3) is 0.237. The lowest BCUT2D eigenvalue weighted by molar-refractivity contribution is 0.0154. The van der Waals surface area contributed by atoms with Gasteiger partial charge < -0.3 is 30.2 Å². The first kappa shape index (κ1) is 31.6. The molecule has 3 aromatic carbocycles. The summed E-state index contributed by atoms with van der Waals surface area (Å²) in [6.45, 7) is 6.28. The molecule has 240 valence electrons. The van der Waals surface area contributed by atoms with Gasteiger partial charge in [-0.3, -0.25) is 9.59 Å². The van der Waals surface area contributed by atoms with E-state index in [-0.39, 0.29) is 22.2 Å². The van der Waals surface area contributed by atoms with E-state index in [0.717, 1.165) is 40.7 Å². The number of rotatable bonds is 8. The number of anilines is 2. The minimum absolute atomic E-state index is 0.0101. The van der Waals surface area contributed by atoms with Gasteiger partial charge in [-0.05, 0) is 72.2 Å². The molecule has 0 aliphatic carbocycles. The number of benzene rings is 3. The van der Waals surface area contributed by atoms with Gasteiger partial charge in [0.2, 0.25) is 5.43 Å². The number of aromatic hydroxyl groups is 1. The van der Waals surface area contributed by atoms with Crippen molar-refractivity contribution in [2.24, 2.45) is 5.41 Å². The Balaban J connectivity index is 1.28. The molecule has 1 amide bonds. The van der Waals surface area contributed by atoms with Crippen LogP contribution in [0.2, 0.25) is 0 Å². The number of nitrogen functional groups attached to an aromatic ring is 1. The number of pyridine rings is 2. The van der Waals surface area contributed by atoms with Crippen LogP contribution in [0.3, 0.4) is 0 Å². The van der Waals surface area contributed by atoms with Gasteiger partial charge in [0.25, 0.3) is 5.91 Å². The van der Waals surface area contributed by atoms with E-state index in [4.69, 9.17) is 15.2 Å². The van der Waals surface area contributed by atoms with Crippen LogP contribution in [-0.4, -0.2) is 40.9 Å². The highest BCUT2D eigenvalue weighted by atomic mass is 16.5. The molecule has 1 aliphatic heterocycles. The fourth-order valence-electron chi connectivity index (χ4n) is 5.94. The molecule has 5 aromatic rings. The van der Waals surface area contributed by atoms with Crippen molar-refractivity contribution in [2.75, 3.05) is 31.4 Å². The number of aryl methyl sites for hydroxylation is 1. The summed E-state index contributed by atoms with van der Waals surface area (Å²) in [4.78, 5) is 31.8. The quantitative estimate of drug-likeness (QED) is 0.170. The minimum Gasteiger partial charge on any atom is -0.504 e. The van der Waals surface area contributed by atoms with Gasteiger partial charge in [0.15, 0.2) is 11.5 Å². The molecule has 0 atom stereocenters. The van der Waals surface area contributed by atoms with E-state index in [0.29, 0.717) is 48.1 Å². The van der Waals surface area contributed by atoms with Gasteiger partial charge in [-0.1, -0.05) is 55.0 Å². The number of carbonyl (C=O) groups excluding carboxylic acids is 1. The van der Waals surface area contributed by atoms with Crippen molar-refractivity contribution >= 4 is 17.4 Å². The monoisotopic (exact) mass is 630 g/mol. The number of carbonyl (C=O) groups is 1. The molecular formula is C38H38N4O5. The first-order valence-corrected chi connectivity index (χ1v) is 15.6. The Labute approximate surface area is 273 Å². The molecule has 0 unspecified atom stereocenters. The molecule has 1 saturated heterocycles. The third-order valence-electron chi connectivity index (χ3n) is 8.84. The molecule has 1 aliphatic rings. The standard InChI is InChI=1S/C38H38N4O5/c1-24-4-6-26(7-5-24)31-21-42(23-38(2)14-16-47-17-15-38)22-32(35(31)44)37(45)41-29-11-8-25(9-12-29)30-18-28(20-40-36(30)39)27-10-13-33(43)34(19-27)46-3/h4-13,18-22,43H,14-17,23H2,1-3H3,(H2,39,40)(H,41,45). The number of phenolic OH excluding ortho intramolecular Hbond substituents is 1. The minimum atomic E-state index is -0.480. The highest BCUT2D eigenvalue weighted by Gasteiger charge is 2.28. The Bertz CT molecular complexity index is 1980. The van der Waals surface area contributed by atoms with Crippen molar-refractivity contribution in [1.82, 2.24) is 9.55 Å². The molecular weight excluding hydrogens is 592 g/mol.